The number of allylic oxidation sites excluding steroid dienone is 1. The summed E-state index contributed by atoms with van der Waals surface area (Å²) in [6.45, 7) is 11.6. The first-order valence-electron chi connectivity index (χ1n) is 8.78. The number of hydrogen-bond acceptors (Lipinski definition) is 5. The largest absolute Gasteiger partial charge is 0.394 e. The molecule has 6 heteroatoms. The van der Waals surface area contributed by atoms with E-state index < -0.39 is 0 Å². The monoisotopic (exact) mass is 347 g/mol. The van der Waals surface area contributed by atoms with Gasteiger partial charge >= 0.3 is 0 Å². The summed E-state index contributed by atoms with van der Waals surface area (Å²) < 4.78 is 5.29. The van der Waals surface area contributed by atoms with Crippen molar-refractivity contribution in [1.82, 2.24) is 15.1 Å². The summed E-state index contributed by atoms with van der Waals surface area (Å²) in [7, 11) is 0. The van der Waals surface area contributed by atoms with E-state index in [4.69, 9.17) is 9.84 Å². The fourth-order valence-corrected chi connectivity index (χ4v) is 2.74. The summed E-state index contributed by atoms with van der Waals surface area (Å²) in [6, 6.07) is 7.76. The molecule has 1 fully saturated rings. The molecule has 6 nitrogen and oxygen atoms in total. The van der Waals surface area contributed by atoms with Crippen molar-refractivity contribution in [2.24, 2.45) is 0 Å². The van der Waals surface area contributed by atoms with Crippen molar-refractivity contribution >= 4 is 5.91 Å². The highest BCUT2D eigenvalue weighted by molar-refractivity contribution is 5.94. The van der Waals surface area contributed by atoms with Crippen LogP contribution in [0.3, 0.4) is 0 Å². The smallest absolute Gasteiger partial charge is 0.253 e. The molecule has 1 aliphatic heterocycles. The Balaban J connectivity index is 1.77. The number of benzene rings is 1. The van der Waals surface area contributed by atoms with Crippen molar-refractivity contribution in [2.45, 2.75) is 13.5 Å². The average Bonchev–Trinajstić information content (AvgIpc) is 2.64. The van der Waals surface area contributed by atoms with Crippen molar-refractivity contribution in [3.05, 3.63) is 47.7 Å². The molecule has 1 amide bonds. The number of carbonyl (C=O) groups is 1. The predicted molar refractivity (Wildman–Crippen MR) is 98.3 cm³/mol. The van der Waals surface area contributed by atoms with E-state index in [2.05, 4.69) is 16.8 Å². The summed E-state index contributed by atoms with van der Waals surface area (Å²) in [5, 5.41) is 11.9. The van der Waals surface area contributed by atoms with Crippen LogP contribution in [0.1, 0.15) is 22.8 Å². The Bertz CT molecular complexity index is 552. The van der Waals surface area contributed by atoms with Gasteiger partial charge in [0.15, 0.2) is 0 Å². The maximum absolute atomic E-state index is 12.6. The normalized spacial score (nSPS) is 15.2. The van der Waals surface area contributed by atoms with Gasteiger partial charge in [-0.3, -0.25) is 9.69 Å². The SMILES string of the molecule is C=C(C)NCc1ccc(C(=O)N2CCN(CCOCCO)CC2)cc1. The van der Waals surface area contributed by atoms with Gasteiger partial charge in [-0.25, -0.2) is 0 Å². The van der Waals surface area contributed by atoms with E-state index >= 15 is 0 Å². The van der Waals surface area contributed by atoms with E-state index in [1.807, 2.05) is 36.1 Å². The molecule has 0 aliphatic carbocycles. The second kappa shape index (κ2) is 10.2. The summed E-state index contributed by atoms with van der Waals surface area (Å²) in [6.07, 6.45) is 0. The summed E-state index contributed by atoms with van der Waals surface area (Å²) in [4.78, 5) is 16.8. The molecule has 25 heavy (non-hydrogen) atoms. The molecule has 2 N–H and O–H groups in total. The number of amides is 1. The highest BCUT2D eigenvalue weighted by Crippen LogP contribution is 2.11. The van der Waals surface area contributed by atoms with E-state index in [-0.39, 0.29) is 12.5 Å². The Morgan fingerprint density at radius 1 is 1.20 bits per heavy atom. The number of hydrogen-bond donors (Lipinski definition) is 2. The second-order valence-corrected chi connectivity index (χ2v) is 6.30. The van der Waals surface area contributed by atoms with Crippen LogP contribution in [0.2, 0.25) is 0 Å². The zero-order chi connectivity index (χ0) is 18.1. The van der Waals surface area contributed by atoms with E-state index in [1.54, 1.807) is 0 Å². The van der Waals surface area contributed by atoms with Gasteiger partial charge in [-0.2, -0.15) is 0 Å². The third-order valence-corrected chi connectivity index (χ3v) is 4.24. The minimum absolute atomic E-state index is 0.0598. The molecular weight excluding hydrogens is 318 g/mol. The number of carbonyl (C=O) groups excluding carboxylic acids is 1. The van der Waals surface area contributed by atoms with Gasteiger partial charge in [0, 0.05) is 50.5 Å². The lowest BCUT2D eigenvalue weighted by atomic mass is 10.1. The quantitative estimate of drug-likeness (QED) is 0.655. The molecule has 1 heterocycles. The van der Waals surface area contributed by atoms with Crippen LogP contribution in [-0.2, 0) is 11.3 Å². The predicted octanol–water partition coefficient (Wildman–Crippen LogP) is 1.08. The number of nitrogens with zero attached hydrogens (tertiary/aromatic N) is 2. The van der Waals surface area contributed by atoms with Crippen molar-refractivity contribution < 1.29 is 14.6 Å². The molecule has 0 bridgehead atoms. The molecule has 0 unspecified atom stereocenters. The molecule has 138 valence electrons. The average molecular weight is 347 g/mol. The van der Waals surface area contributed by atoms with Crippen molar-refractivity contribution in [1.29, 1.82) is 0 Å². The van der Waals surface area contributed by atoms with Gasteiger partial charge in [0.25, 0.3) is 5.91 Å². The molecule has 0 saturated carbocycles. The van der Waals surface area contributed by atoms with Crippen LogP contribution in [0, 0.1) is 0 Å². The van der Waals surface area contributed by atoms with Gasteiger partial charge in [-0.05, 0) is 24.6 Å². The molecule has 1 aliphatic rings. The van der Waals surface area contributed by atoms with Crippen LogP contribution in [0.4, 0.5) is 0 Å². The van der Waals surface area contributed by atoms with Crippen molar-refractivity contribution in [3.63, 3.8) is 0 Å². The number of rotatable bonds is 9. The summed E-state index contributed by atoms with van der Waals surface area (Å²) >= 11 is 0. The van der Waals surface area contributed by atoms with Crippen molar-refractivity contribution in [3.8, 4) is 0 Å². The molecule has 0 spiro atoms. The number of aliphatic hydroxyl groups excluding tert-OH is 1. The van der Waals surface area contributed by atoms with Gasteiger partial charge in [0.1, 0.15) is 0 Å². The summed E-state index contributed by atoms with van der Waals surface area (Å²) in [5.41, 5.74) is 2.80. The Labute approximate surface area is 150 Å². The molecule has 0 radical (unpaired) electrons. The highest BCUT2D eigenvalue weighted by Gasteiger charge is 2.21. The first-order chi connectivity index (χ1) is 12.1. The number of nitrogens with one attached hydrogen (secondary N) is 1. The van der Waals surface area contributed by atoms with Crippen LogP contribution >= 0.6 is 0 Å². The van der Waals surface area contributed by atoms with Crippen LogP contribution in [-0.4, -0.2) is 73.4 Å². The van der Waals surface area contributed by atoms with Crippen LogP contribution in [0.5, 0.6) is 0 Å². The lowest BCUT2D eigenvalue weighted by molar-refractivity contribution is 0.0486. The maximum Gasteiger partial charge on any atom is 0.253 e. The van der Waals surface area contributed by atoms with Gasteiger partial charge in [0.2, 0.25) is 0 Å². The molecule has 1 saturated heterocycles. The molecular formula is C19H29N3O3. The zero-order valence-electron chi connectivity index (χ0n) is 15.0. The summed E-state index contributed by atoms with van der Waals surface area (Å²) in [5.74, 6) is 0.0931. The van der Waals surface area contributed by atoms with E-state index in [9.17, 15) is 4.79 Å². The Morgan fingerprint density at radius 2 is 1.88 bits per heavy atom. The zero-order valence-corrected chi connectivity index (χ0v) is 15.0. The third kappa shape index (κ3) is 6.49. The molecule has 0 aromatic heterocycles. The van der Waals surface area contributed by atoms with Crippen molar-refractivity contribution in [2.75, 3.05) is 52.5 Å². The maximum atomic E-state index is 12.6. The second-order valence-electron chi connectivity index (χ2n) is 6.30. The van der Waals surface area contributed by atoms with Crippen LogP contribution in [0.15, 0.2) is 36.5 Å². The number of ether oxygens (including phenoxy) is 1. The van der Waals surface area contributed by atoms with Gasteiger partial charge in [-0.15, -0.1) is 0 Å². The highest BCUT2D eigenvalue weighted by atomic mass is 16.5. The molecule has 1 aromatic rings. The van der Waals surface area contributed by atoms with E-state index in [1.165, 1.54) is 0 Å². The Kier molecular flexibility index (Phi) is 7.91. The van der Waals surface area contributed by atoms with Gasteiger partial charge in [-0.1, -0.05) is 18.7 Å². The van der Waals surface area contributed by atoms with E-state index in [0.29, 0.717) is 13.2 Å². The first-order valence-corrected chi connectivity index (χ1v) is 8.78. The molecule has 2 rings (SSSR count). The minimum atomic E-state index is 0.0598. The minimum Gasteiger partial charge on any atom is -0.394 e. The topological polar surface area (TPSA) is 65.0 Å². The first kappa shape index (κ1) is 19.4. The van der Waals surface area contributed by atoms with Crippen LogP contribution < -0.4 is 5.32 Å². The molecule has 1 aromatic carbocycles. The number of piperazine rings is 1. The lowest BCUT2D eigenvalue weighted by Crippen LogP contribution is -2.49. The Hall–Kier alpha value is -1.89. The van der Waals surface area contributed by atoms with Gasteiger partial charge < -0.3 is 20.1 Å². The van der Waals surface area contributed by atoms with E-state index in [0.717, 1.165) is 56.1 Å². The number of aliphatic hydroxyl groups is 1. The van der Waals surface area contributed by atoms with Gasteiger partial charge in [0.05, 0.1) is 19.8 Å². The fourth-order valence-electron chi connectivity index (χ4n) is 2.74. The standard InChI is InChI=1S/C19H29N3O3/c1-16(2)20-15-17-3-5-18(6-4-17)19(24)22-9-7-21(8-10-22)11-13-25-14-12-23/h3-6,20,23H,1,7-15H2,2H3. The lowest BCUT2D eigenvalue weighted by Gasteiger charge is -2.34. The fraction of sp³-hybridized carbons (Fsp3) is 0.526. The third-order valence-electron chi connectivity index (χ3n) is 4.24. The Morgan fingerprint density at radius 3 is 2.48 bits per heavy atom. The molecule has 0 atom stereocenters. The van der Waals surface area contributed by atoms with Crippen LogP contribution in [0.25, 0.3) is 0 Å².